The first-order valence-electron chi connectivity index (χ1n) is 10.8. The topological polar surface area (TPSA) is 97.6 Å². The van der Waals surface area contributed by atoms with Gasteiger partial charge in [0.05, 0.1) is 43.6 Å². The van der Waals surface area contributed by atoms with Crippen molar-refractivity contribution in [2.45, 2.75) is 19.9 Å². The van der Waals surface area contributed by atoms with Crippen LogP contribution >= 0.6 is 0 Å². The molecular formula is C24H23FN8O. The normalized spacial score (nSPS) is 11.2. The molecule has 0 aliphatic carbocycles. The highest BCUT2D eigenvalue weighted by Gasteiger charge is 2.21. The predicted octanol–water partition coefficient (Wildman–Crippen LogP) is 4.20. The Morgan fingerprint density at radius 1 is 1.12 bits per heavy atom. The number of pyridine rings is 1. The molecule has 0 aliphatic rings. The molecule has 5 aromatic rings. The van der Waals surface area contributed by atoms with E-state index in [1.807, 2.05) is 38.4 Å². The molecule has 0 aliphatic heterocycles. The molecule has 0 atom stereocenters. The van der Waals surface area contributed by atoms with Crippen LogP contribution in [0.2, 0.25) is 0 Å². The van der Waals surface area contributed by atoms with Crippen molar-refractivity contribution in [2.75, 3.05) is 12.0 Å². The Kier molecular flexibility index (Phi) is 5.62. The fourth-order valence-corrected chi connectivity index (χ4v) is 3.75. The van der Waals surface area contributed by atoms with Gasteiger partial charge in [-0.05, 0) is 36.2 Å². The molecule has 0 unspecified atom stereocenters. The summed E-state index contributed by atoms with van der Waals surface area (Å²) in [4.78, 5) is 15.7. The number of anilines is 2. The number of nitrogens with one attached hydrogen (secondary N) is 1. The highest BCUT2D eigenvalue weighted by atomic mass is 19.1. The molecule has 1 aromatic carbocycles. The van der Waals surface area contributed by atoms with E-state index in [0.717, 1.165) is 23.1 Å². The van der Waals surface area contributed by atoms with Gasteiger partial charge in [0.25, 0.3) is 0 Å². The molecule has 5 rings (SSSR count). The first kappa shape index (κ1) is 21.5. The maximum Gasteiger partial charge on any atom is 0.188 e. The SMILES string of the molecule is CCc1cc(OC)c(F)c(N(Cc2cn[nH]c2)c2ccc3ncc(-c4cnn(C)c4)nc3n2)c1. The molecule has 1 N–H and O–H groups in total. The number of hydrogen-bond acceptors (Lipinski definition) is 7. The molecule has 34 heavy (non-hydrogen) atoms. The number of aromatic nitrogens is 7. The van der Waals surface area contributed by atoms with Gasteiger partial charge in [-0.25, -0.2) is 14.4 Å². The molecule has 0 amide bonds. The van der Waals surface area contributed by atoms with Crippen LogP contribution in [0.4, 0.5) is 15.9 Å². The Bertz CT molecular complexity index is 1450. The first-order valence-corrected chi connectivity index (χ1v) is 10.8. The van der Waals surface area contributed by atoms with Gasteiger partial charge in [0, 0.05) is 30.6 Å². The first-order chi connectivity index (χ1) is 16.6. The summed E-state index contributed by atoms with van der Waals surface area (Å²) >= 11 is 0. The molecule has 4 heterocycles. The Morgan fingerprint density at radius 3 is 2.71 bits per heavy atom. The summed E-state index contributed by atoms with van der Waals surface area (Å²) in [7, 11) is 3.31. The standard InChI is InChI=1S/C24H23FN8O/c1-4-15-7-20(23(25)21(8-15)34-3)33(13-16-9-27-28-10-16)22-6-5-18-24(31-22)30-19(12-26-18)17-11-29-32(2)14-17/h5-12,14H,4,13H2,1-3H3,(H,27,28). The lowest BCUT2D eigenvalue weighted by Crippen LogP contribution is -2.19. The van der Waals surface area contributed by atoms with Crippen LogP contribution in [0.15, 0.2) is 55.2 Å². The number of rotatable bonds is 7. The number of H-pyrrole nitrogens is 1. The number of aryl methyl sites for hydroxylation is 2. The van der Waals surface area contributed by atoms with Gasteiger partial charge in [-0.3, -0.25) is 14.8 Å². The number of nitrogens with zero attached hydrogens (tertiary/aromatic N) is 7. The van der Waals surface area contributed by atoms with Crippen LogP contribution in [0.5, 0.6) is 5.75 Å². The molecule has 10 heteroatoms. The van der Waals surface area contributed by atoms with E-state index in [0.29, 0.717) is 34.9 Å². The number of hydrogen-bond donors (Lipinski definition) is 1. The average molecular weight is 459 g/mol. The van der Waals surface area contributed by atoms with Gasteiger partial charge in [0.2, 0.25) is 0 Å². The third kappa shape index (κ3) is 4.05. The van der Waals surface area contributed by atoms with Crippen LogP contribution in [0.1, 0.15) is 18.1 Å². The lowest BCUT2D eigenvalue weighted by molar-refractivity contribution is 0.386. The number of benzene rings is 1. The summed E-state index contributed by atoms with van der Waals surface area (Å²) in [5, 5.41) is 11.0. The van der Waals surface area contributed by atoms with Crippen molar-refractivity contribution in [3.05, 3.63) is 72.2 Å². The zero-order valence-corrected chi connectivity index (χ0v) is 19.0. The van der Waals surface area contributed by atoms with Crippen molar-refractivity contribution in [3.8, 4) is 17.0 Å². The highest BCUT2D eigenvalue weighted by molar-refractivity contribution is 5.77. The minimum Gasteiger partial charge on any atom is -0.494 e. The molecule has 0 radical (unpaired) electrons. The Labute approximate surface area is 195 Å². The number of fused-ring (bicyclic) bond motifs is 1. The van der Waals surface area contributed by atoms with E-state index in [4.69, 9.17) is 14.7 Å². The third-order valence-corrected chi connectivity index (χ3v) is 5.56. The summed E-state index contributed by atoms with van der Waals surface area (Å²) in [5.41, 5.74) is 4.77. The number of aromatic amines is 1. The van der Waals surface area contributed by atoms with Crippen LogP contribution < -0.4 is 9.64 Å². The van der Waals surface area contributed by atoms with E-state index >= 15 is 4.39 Å². The molecule has 0 saturated carbocycles. The minimum atomic E-state index is -0.458. The number of methoxy groups -OCH3 is 1. The monoisotopic (exact) mass is 458 g/mol. The summed E-state index contributed by atoms with van der Waals surface area (Å²) in [6, 6.07) is 7.18. The van der Waals surface area contributed by atoms with Crippen LogP contribution in [0, 0.1) is 5.82 Å². The van der Waals surface area contributed by atoms with Crippen molar-refractivity contribution < 1.29 is 9.13 Å². The molecular weight excluding hydrogens is 435 g/mol. The largest absolute Gasteiger partial charge is 0.494 e. The van der Waals surface area contributed by atoms with Crippen molar-refractivity contribution in [1.82, 2.24) is 34.9 Å². The van der Waals surface area contributed by atoms with Crippen molar-refractivity contribution in [2.24, 2.45) is 7.05 Å². The number of halogens is 1. The lowest BCUT2D eigenvalue weighted by Gasteiger charge is -2.25. The van der Waals surface area contributed by atoms with E-state index in [-0.39, 0.29) is 5.75 Å². The zero-order chi connectivity index (χ0) is 23.7. The molecule has 0 fully saturated rings. The van der Waals surface area contributed by atoms with Gasteiger partial charge in [-0.1, -0.05) is 6.92 Å². The van der Waals surface area contributed by atoms with Crippen molar-refractivity contribution >= 4 is 22.7 Å². The summed E-state index contributed by atoms with van der Waals surface area (Å²) in [5.74, 6) is 0.256. The van der Waals surface area contributed by atoms with Gasteiger partial charge in [0.1, 0.15) is 11.3 Å². The van der Waals surface area contributed by atoms with Crippen LogP contribution in [0.3, 0.4) is 0 Å². The Morgan fingerprint density at radius 2 is 2.00 bits per heavy atom. The fraction of sp³-hybridized carbons (Fsp3) is 0.208. The van der Waals surface area contributed by atoms with E-state index < -0.39 is 5.82 Å². The van der Waals surface area contributed by atoms with Gasteiger partial charge in [-0.2, -0.15) is 10.2 Å². The van der Waals surface area contributed by atoms with E-state index in [1.165, 1.54) is 7.11 Å². The van der Waals surface area contributed by atoms with Crippen LogP contribution in [0.25, 0.3) is 22.4 Å². The van der Waals surface area contributed by atoms with E-state index in [1.54, 1.807) is 40.4 Å². The van der Waals surface area contributed by atoms with Gasteiger partial charge in [0.15, 0.2) is 17.2 Å². The second kappa shape index (κ2) is 8.89. The maximum absolute atomic E-state index is 15.5. The quantitative estimate of drug-likeness (QED) is 0.390. The smallest absolute Gasteiger partial charge is 0.188 e. The summed E-state index contributed by atoms with van der Waals surface area (Å²) < 4.78 is 22.5. The highest BCUT2D eigenvalue weighted by Crippen LogP contribution is 2.35. The number of ether oxygens (including phenoxy) is 1. The van der Waals surface area contributed by atoms with Crippen molar-refractivity contribution in [1.29, 1.82) is 0 Å². The average Bonchev–Trinajstić information content (AvgIpc) is 3.54. The fourth-order valence-electron chi connectivity index (χ4n) is 3.75. The van der Waals surface area contributed by atoms with Crippen LogP contribution in [-0.4, -0.2) is 42.0 Å². The zero-order valence-electron chi connectivity index (χ0n) is 19.0. The summed E-state index contributed by atoms with van der Waals surface area (Å²) in [6.45, 7) is 2.36. The lowest BCUT2D eigenvalue weighted by atomic mass is 10.1. The Hall–Kier alpha value is -4.34. The molecule has 0 saturated heterocycles. The predicted molar refractivity (Wildman–Crippen MR) is 126 cm³/mol. The molecule has 0 spiro atoms. The third-order valence-electron chi connectivity index (χ3n) is 5.56. The van der Waals surface area contributed by atoms with Gasteiger partial charge in [-0.15, -0.1) is 0 Å². The van der Waals surface area contributed by atoms with E-state index in [9.17, 15) is 0 Å². The maximum atomic E-state index is 15.5. The molecule has 9 nitrogen and oxygen atoms in total. The second-order valence-electron chi connectivity index (χ2n) is 7.85. The minimum absolute atomic E-state index is 0.186. The van der Waals surface area contributed by atoms with Gasteiger partial charge < -0.3 is 9.64 Å². The molecule has 0 bridgehead atoms. The molecule has 4 aromatic heterocycles. The van der Waals surface area contributed by atoms with Crippen LogP contribution in [-0.2, 0) is 20.0 Å². The second-order valence-corrected chi connectivity index (χ2v) is 7.85. The summed E-state index contributed by atoms with van der Waals surface area (Å²) in [6.07, 6.45) is 9.49. The van der Waals surface area contributed by atoms with Gasteiger partial charge >= 0.3 is 0 Å². The van der Waals surface area contributed by atoms with Crippen molar-refractivity contribution in [3.63, 3.8) is 0 Å². The Balaban J connectivity index is 1.65. The molecule has 172 valence electrons. The van der Waals surface area contributed by atoms with E-state index in [2.05, 4.69) is 20.3 Å².